The average molecular weight is 394 g/mol. The smallest absolute Gasteiger partial charge is 0.261 e. The molecule has 2 heterocycles. The number of carbonyl (C=O) groups excluding carboxylic acids is 1. The maximum atomic E-state index is 12.9. The van der Waals surface area contributed by atoms with E-state index in [0.717, 1.165) is 48.6 Å². The minimum Gasteiger partial charge on any atom is -0.322 e. The molecule has 5 nitrogen and oxygen atoms in total. The van der Waals surface area contributed by atoms with Crippen LogP contribution in [0.1, 0.15) is 41.9 Å². The Kier molecular flexibility index (Phi) is 5.48. The molecule has 1 N–H and O–H groups in total. The zero-order chi connectivity index (χ0) is 19.5. The Morgan fingerprint density at radius 2 is 1.86 bits per heavy atom. The predicted octanol–water partition coefficient (Wildman–Crippen LogP) is 4.49. The number of fused-ring (bicyclic) bond motifs is 2. The fourth-order valence-corrected chi connectivity index (χ4v) is 4.02. The third-order valence-corrected chi connectivity index (χ3v) is 5.92. The van der Waals surface area contributed by atoms with Crippen molar-refractivity contribution in [3.05, 3.63) is 64.2 Å². The van der Waals surface area contributed by atoms with E-state index in [2.05, 4.69) is 5.32 Å². The molecule has 0 bridgehead atoms. The van der Waals surface area contributed by atoms with E-state index in [-0.39, 0.29) is 11.5 Å². The number of nitrogens with zero attached hydrogens (tertiary/aromatic N) is 2. The Morgan fingerprint density at radius 3 is 2.64 bits per heavy atom. The van der Waals surface area contributed by atoms with E-state index >= 15 is 0 Å². The zero-order valence-corrected chi connectivity index (χ0v) is 16.7. The van der Waals surface area contributed by atoms with Gasteiger partial charge in [-0.15, -0.1) is 11.8 Å². The van der Waals surface area contributed by atoms with E-state index in [9.17, 15) is 9.59 Å². The lowest BCUT2D eigenvalue weighted by Gasteiger charge is -2.16. The van der Waals surface area contributed by atoms with Crippen molar-refractivity contribution < 1.29 is 4.79 Å². The molecular weight excluding hydrogens is 370 g/mol. The molecule has 6 heteroatoms. The van der Waals surface area contributed by atoms with Crippen molar-refractivity contribution >= 4 is 34.3 Å². The van der Waals surface area contributed by atoms with Crippen LogP contribution < -0.4 is 10.9 Å². The summed E-state index contributed by atoms with van der Waals surface area (Å²) in [7, 11) is 0. The van der Waals surface area contributed by atoms with Gasteiger partial charge in [0.25, 0.3) is 11.5 Å². The van der Waals surface area contributed by atoms with Crippen LogP contribution in [-0.4, -0.2) is 21.7 Å². The van der Waals surface area contributed by atoms with Crippen LogP contribution in [0.5, 0.6) is 0 Å². The Balaban J connectivity index is 1.65. The maximum absolute atomic E-state index is 12.9. The fraction of sp³-hybridized carbons (Fsp3) is 0.318. The second-order valence-corrected chi connectivity index (χ2v) is 7.94. The molecule has 0 saturated heterocycles. The second-order valence-electron chi connectivity index (χ2n) is 7.06. The molecule has 0 spiro atoms. The summed E-state index contributed by atoms with van der Waals surface area (Å²) in [6.07, 6.45) is 7.21. The van der Waals surface area contributed by atoms with Gasteiger partial charge in [-0.2, -0.15) is 0 Å². The van der Waals surface area contributed by atoms with Gasteiger partial charge in [0.15, 0.2) is 0 Å². The van der Waals surface area contributed by atoms with Crippen molar-refractivity contribution in [1.82, 2.24) is 9.55 Å². The Bertz CT molecular complexity index is 1070. The summed E-state index contributed by atoms with van der Waals surface area (Å²) < 4.78 is 1.81. The number of benzene rings is 2. The van der Waals surface area contributed by atoms with Crippen molar-refractivity contribution in [1.29, 1.82) is 0 Å². The summed E-state index contributed by atoms with van der Waals surface area (Å²) in [4.78, 5) is 31.4. The van der Waals surface area contributed by atoms with Crippen LogP contribution in [-0.2, 0) is 13.0 Å². The molecule has 0 atom stereocenters. The van der Waals surface area contributed by atoms with Crippen LogP contribution >= 0.6 is 11.8 Å². The first-order valence-electron chi connectivity index (χ1n) is 9.64. The first-order chi connectivity index (χ1) is 13.7. The molecule has 0 unspecified atom stereocenters. The van der Waals surface area contributed by atoms with E-state index in [1.165, 1.54) is 6.42 Å². The number of hydrogen-bond donors (Lipinski definition) is 1. The summed E-state index contributed by atoms with van der Waals surface area (Å²) in [5.41, 5.74) is 1.85. The summed E-state index contributed by atoms with van der Waals surface area (Å²) in [6.45, 7) is 0.728. The summed E-state index contributed by atoms with van der Waals surface area (Å²) in [6, 6.07) is 12.9. The molecule has 28 heavy (non-hydrogen) atoms. The predicted molar refractivity (Wildman–Crippen MR) is 114 cm³/mol. The van der Waals surface area contributed by atoms with Gasteiger partial charge < -0.3 is 5.32 Å². The molecule has 1 amide bonds. The Hall–Kier alpha value is -2.60. The van der Waals surface area contributed by atoms with Crippen LogP contribution in [0, 0.1) is 0 Å². The Morgan fingerprint density at radius 1 is 1.07 bits per heavy atom. The van der Waals surface area contributed by atoms with Crippen molar-refractivity contribution in [3.63, 3.8) is 0 Å². The molecule has 0 fully saturated rings. The monoisotopic (exact) mass is 393 g/mol. The van der Waals surface area contributed by atoms with Gasteiger partial charge in [-0.1, -0.05) is 12.8 Å². The highest BCUT2D eigenvalue weighted by atomic mass is 32.2. The van der Waals surface area contributed by atoms with Crippen LogP contribution in [0.3, 0.4) is 0 Å². The molecule has 144 valence electrons. The standard InChI is InChI=1S/C22H23N3O2S/c1-28-17-10-8-16(9-11-17)23-21(26)15-7-12-18-19(14-15)24-20-6-4-2-3-5-13-25(20)22(18)27/h7-12,14H,2-6,13H2,1H3,(H,23,26). The molecule has 1 aromatic heterocycles. The van der Waals surface area contributed by atoms with E-state index in [1.54, 1.807) is 30.0 Å². The van der Waals surface area contributed by atoms with Crippen LogP contribution in [0.4, 0.5) is 5.69 Å². The number of hydrogen-bond acceptors (Lipinski definition) is 4. The van der Waals surface area contributed by atoms with Crippen LogP contribution in [0.15, 0.2) is 52.2 Å². The van der Waals surface area contributed by atoms with E-state index in [4.69, 9.17) is 4.98 Å². The molecule has 3 aromatic rings. The third kappa shape index (κ3) is 3.83. The summed E-state index contributed by atoms with van der Waals surface area (Å²) >= 11 is 1.66. The van der Waals surface area contributed by atoms with Gasteiger partial charge in [-0.3, -0.25) is 14.2 Å². The topological polar surface area (TPSA) is 64.0 Å². The summed E-state index contributed by atoms with van der Waals surface area (Å²) in [5.74, 6) is 0.634. The largest absolute Gasteiger partial charge is 0.322 e. The van der Waals surface area contributed by atoms with Crippen molar-refractivity contribution in [2.75, 3.05) is 11.6 Å². The number of aryl methyl sites for hydroxylation is 1. The number of thioether (sulfide) groups is 1. The van der Waals surface area contributed by atoms with Crippen LogP contribution in [0.25, 0.3) is 10.9 Å². The van der Waals surface area contributed by atoms with Gasteiger partial charge in [0.2, 0.25) is 0 Å². The molecule has 2 aromatic carbocycles. The van der Waals surface area contributed by atoms with E-state index in [0.29, 0.717) is 16.5 Å². The minimum atomic E-state index is -0.201. The molecule has 1 aliphatic rings. The van der Waals surface area contributed by atoms with Gasteiger partial charge in [0.05, 0.1) is 10.9 Å². The average Bonchev–Trinajstić information content (AvgIpc) is 2.69. The van der Waals surface area contributed by atoms with Crippen LogP contribution in [0.2, 0.25) is 0 Å². The number of anilines is 1. The van der Waals surface area contributed by atoms with Gasteiger partial charge in [0.1, 0.15) is 5.82 Å². The first-order valence-corrected chi connectivity index (χ1v) is 10.9. The highest BCUT2D eigenvalue weighted by Crippen LogP contribution is 2.20. The maximum Gasteiger partial charge on any atom is 0.261 e. The number of aromatic nitrogens is 2. The quantitative estimate of drug-likeness (QED) is 0.666. The first kappa shape index (κ1) is 18.7. The number of nitrogens with one attached hydrogen (secondary N) is 1. The molecule has 0 saturated carbocycles. The van der Waals surface area contributed by atoms with Gasteiger partial charge in [-0.05, 0) is 61.6 Å². The SMILES string of the molecule is CSc1ccc(NC(=O)c2ccc3c(=O)n4c(nc3c2)CCCCCC4)cc1. The lowest BCUT2D eigenvalue weighted by atomic mass is 10.1. The highest BCUT2D eigenvalue weighted by Gasteiger charge is 2.15. The summed E-state index contributed by atoms with van der Waals surface area (Å²) in [5, 5.41) is 3.48. The Labute approximate surface area is 168 Å². The lowest BCUT2D eigenvalue weighted by molar-refractivity contribution is 0.102. The minimum absolute atomic E-state index is 0.00140. The highest BCUT2D eigenvalue weighted by molar-refractivity contribution is 7.98. The van der Waals surface area contributed by atoms with E-state index < -0.39 is 0 Å². The van der Waals surface area contributed by atoms with E-state index in [1.807, 2.05) is 35.1 Å². The van der Waals surface area contributed by atoms with Crippen molar-refractivity contribution in [2.24, 2.45) is 0 Å². The molecule has 4 rings (SSSR count). The fourth-order valence-electron chi connectivity index (χ4n) is 3.61. The van der Waals surface area contributed by atoms with Gasteiger partial charge in [-0.25, -0.2) is 4.98 Å². The second kappa shape index (κ2) is 8.19. The molecular formula is C22H23N3O2S. The normalized spacial score (nSPS) is 14.2. The van der Waals surface area contributed by atoms with Gasteiger partial charge in [0, 0.05) is 29.1 Å². The lowest BCUT2D eigenvalue weighted by Crippen LogP contribution is -2.26. The van der Waals surface area contributed by atoms with Gasteiger partial charge >= 0.3 is 0 Å². The van der Waals surface area contributed by atoms with Crippen molar-refractivity contribution in [2.45, 2.75) is 43.5 Å². The molecule has 0 radical (unpaired) electrons. The molecule has 0 aliphatic carbocycles. The van der Waals surface area contributed by atoms with Crippen molar-refractivity contribution in [3.8, 4) is 0 Å². The zero-order valence-electron chi connectivity index (χ0n) is 15.9. The molecule has 1 aliphatic heterocycles. The number of rotatable bonds is 3. The third-order valence-electron chi connectivity index (χ3n) is 5.18. The number of amides is 1. The number of carbonyl (C=O) groups is 1.